The van der Waals surface area contributed by atoms with Gasteiger partial charge in [-0.25, -0.2) is 0 Å². The minimum absolute atomic E-state index is 0.0922. The highest BCUT2D eigenvalue weighted by Crippen LogP contribution is 2.25. The van der Waals surface area contributed by atoms with Crippen molar-refractivity contribution in [3.05, 3.63) is 42.3 Å². The molecule has 0 bridgehead atoms. The van der Waals surface area contributed by atoms with Crippen LogP contribution in [0.25, 0.3) is 5.57 Å². The Kier molecular flexibility index (Phi) is 4.31. The third-order valence-corrected chi connectivity index (χ3v) is 3.63. The van der Waals surface area contributed by atoms with Crippen LogP contribution in [0, 0.1) is 0 Å². The molecule has 1 aliphatic carbocycles. The Balaban J connectivity index is 1.77. The molecular formula is C16H19N3O2. The van der Waals surface area contributed by atoms with Crippen molar-refractivity contribution < 1.29 is 9.53 Å². The van der Waals surface area contributed by atoms with Crippen LogP contribution in [0.1, 0.15) is 31.4 Å². The van der Waals surface area contributed by atoms with E-state index >= 15 is 0 Å². The number of H-pyrrole nitrogens is 1. The maximum Gasteiger partial charge on any atom is 0.253 e. The molecule has 2 aliphatic rings. The van der Waals surface area contributed by atoms with Crippen molar-refractivity contribution in [1.29, 1.82) is 0 Å². The minimum atomic E-state index is -0.336. The van der Waals surface area contributed by atoms with Crippen molar-refractivity contribution in [2.75, 3.05) is 11.9 Å². The van der Waals surface area contributed by atoms with E-state index in [4.69, 9.17) is 4.74 Å². The van der Waals surface area contributed by atoms with Crippen molar-refractivity contribution >= 4 is 17.2 Å². The summed E-state index contributed by atoms with van der Waals surface area (Å²) in [4.78, 5) is 12.1. The summed E-state index contributed by atoms with van der Waals surface area (Å²) >= 11 is 0. The molecule has 3 rings (SSSR count). The van der Waals surface area contributed by atoms with Gasteiger partial charge in [-0.05, 0) is 31.3 Å². The third-order valence-electron chi connectivity index (χ3n) is 3.63. The van der Waals surface area contributed by atoms with Crippen LogP contribution in [-0.4, -0.2) is 28.8 Å². The van der Waals surface area contributed by atoms with Gasteiger partial charge in [-0.3, -0.25) is 9.89 Å². The van der Waals surface area contributed by atoms with E-state index in [1.165, 1.54) is 0 Å². The molecule has 0 spiro atoms. The van der Waals surface area contributed by atoms with Crippen LogP contribution in [0.15, 0.2) is 36.6 Å². The first kappa shape index (κ1) is 13.8. The smallest absolute Gasteiger partial charge is 0.253 e. The monoisotopic (exact) mass is 285 g/mol. The SMILES string of the molecule is O=C(Nc1cn[nH]c1C1=CCC/C=C/C=C1)C1CCCO1. The fourth-order valence-electron chi connectivity index (χ4n) is 2.52. The fourth-order valence-corrected chi connectivity index (χ4v) is 2.52. The molecule has 5 heteroatoms. The first-order valence-electron chi connectivity index (χ1n) is 7.34. The second-order valence-electron chi connectivity index (χ2n) is 5.17. The second-order valence-corrected chi connectivity index (χ2v) is 5.17. The number of aromatic amines is 1. The number of hydrogen-bond acceptors (Lipinski definition) is 3. The van der Waals surface area contributed by atoms with Crippen molar-refractivity contribution in [1.82, 2.24) is 10.2 Å². The Hall–Kier alpha value is -2.14. The number of carbonyl (C=O) groups excluding carboxylic acids is 1. The number of amides is 1. The quantitative estimate of drug-likeness (QED) is 0.897. The maximum atomic E-state index is 12.1. The number of carbonyl (C=O) groups is 1. The third kappa shape index (κ3) is 3.31. The van der Waals surface area contributed by atoms with Gasteiger partial charge in [-0.2, -0.15) is 5.10 Å². The zero-order valence-electron chi connectivity index (χ0n) is 11.8. The van der Waals surface area contributed by atoms with Gasteiger partial charge in [0, 0.05) is 6.61 Å². The Labute approximate surface area is 123 Å². The summed E-state index contributed by atoms with van der Waals surface area (Å²) in [7, 11) is 0. The average molecular weight is 285 g/mol. The number of allylic oxidation sites excluding steroid dienone is 6. The molecule has 1 amide bonds. The molecule has 0 radical (unpaired) electrons. The van der Waals surface area contributed by atoms with E-state index < -0.39 is 0 Å². The van der Waals surface area contributed by atoms with Crippen LogP contribution in [0.2, 0.25) is 0 Å². The normalized spacial score (nSPS) is 23.2. The fraction of sp³-hybridized carbons (Fsp3) is 0.375. The average Bonchev–Trinajstić information content (AvgIpc) is 3.09. The van der Waals surface area contributed by atoms with E-state index in [-0.39, 0.29) is 12.0 Å². The molecule has 110 valence electrons. The highest BCUT2D eigenvalue weighted by atomic mass is 16.5. The van der Waals surface area contributed by atoms with Crippen molar-refractivity contribution in [2.24, 2.45) is 0 Å². The Morgan fingerprint density at radius 2 is 2.33 bits per heavy atom. The lowest BCUT2D eigenvalue weighted by molar-refractivity contribution is -0.124. The second kappa shape index (κ2) is 6.54. The van der Waals surface area contributed by atoms with Crippen LogP contribution in [0.4, 0.5) is 5.69 Å². The summed E-state index contributed by atoms with van der Waals surface area (Å²) in [6.45, 7) is 0.663. The molecule has 1 aromatic heterocycles. The number of anilines is 1. The van der Waals surface area contributed by atoms with E-state index in [2.05, 4.69) is 27.7 Å². The van der Waals surface area contributed by atoms with E-state index in [9.17, 15) is 4.79 Å². The Morgan fingerprint density at radius 3 is 3.19 bits per heavy atom. The highest BCUT2D eigenvalue weighted by Gasteiger charge is 2.24. The van der Waals surface area contributed by atoms with Gasteiger partial charge in [0.15, 0.2) is 0 Å². The number of nitrogens with one attached hydrogen (secondary N) is 2. The maximum absolute atomic E-state index is 12.1. The zero-order chi connectivity index (χ0) is 14.5. The van der Waals surface area contributed by atoms with Crippen LogP contribution in [-0.2, 0) is 9.53 Å². The lowest BCUT2D eigenvalue weighted by Crippen LogP contribution is -2.27. The number of nitrogens with zero attached hydrogens (tertiary/aromatic N) is 1. The van der Waals surface area contributed by atoms with Crippen LogP contribution in [0.5, 0.6) is 0 Å². The van der Waals surface area contributed by atoms with Crippen molar-refractivity contribution in [3.8, 4) is 0 Å². The van der Waals surface area contributed by atoms with Crippen LogP contribution < -0.4 is 5.32 Å². The van der Waals surface area contributed by atoms with Crippen molar-refractivity contribution in [3.63, 3.8) is 0 Å². The lowest BCUT2D eigenvalue weighted by atomic mass is 10.1. The molecule has 1 saturated heterocycles. The molecule has 1 aromatic rings. The molecule has 2 N–H and O–H groups in total. The molecule has 1 aliphatic heterocycles. The Morgan fingerprint density at radius 1 is 1.38 bits per heavy atom. The Bertz CT molecular complexity index is 592. The molecule has 5 nitrogen and oxygen atoms in total. The van der Waals surface area contributed by atoms with Crippen LogP contribution in [0.3, 0.4) is 0 Å². The number of hydrogen-bond donors (Lipinski definition) is 2. The minimum Gasteiger partial charge on any atom is -0.368 e. The van der Waals surface area contributed by atoms with E-state index in [1.807, 2.05) is 18.2 Å². The molecular weight excluding hydrogens is 266 g/mol. The van der Waals surface area contributed by atoms with E-state index in [1.54, 1.807) is 6.20 Å². The van der Waals surface area contributed by atoms with Gasteiger partial charge in [0.2, 0.25) is 0 Å². The summed E-state index contributed by atoms with van der Waals surface area (Å²) in [6, 6.07) is 0. The van der Waals surface area contributed by atoms with Gasteiger partial charge in [-0.1, -0.05) is 30.4 Å². The van der Waals surface area contributed by atoms with Crippen LogP contribution >= 0.6 is 0 Å². The predicted octanol–water partition coefficient (Wildman–Crippen LogP) is 2.82. The largest absolute Gasteiger partial charge is 0.368 e. The number of rotatable bonds is 3. The predicted molar refractivity (Wildman–Crippen MR) is 81.7 cm³/mol. The molecule has 1 unspecified atom stereocenters. The summed E-state index contributed by atoms with van der Waals surface area (Å²) in [5.74, 6) is -0.0922. The molecule has 21 heavy (non-hydrogen) atoms. The van der Waals surface area contributed by atoms with E-state index in [0.717, 1.165) is 37.0 Å². The van der Waals surface area contributed by atoms with Gasteiger partial charge in [0.05, 0.1) is 17.6 Å². The molecule has 0 saturated carbocycles. The first-order valence-corrected chi connectivity index (χ1v) is 7.34. The van der Waals surface area contributed by atoms with Gasteiger partial charge in [-0.15, -0.1) is 0 Å². The zero-order valence-corrected chi connectivity index (χ0v) is 11.8. The molecule has 2 heterocycles. The number of ether oxygens (including phenoxy) is 1. The summed E-state index contributed by atoms with van der Waals surface area (Å²) in [6.07, 6.45) is 15.3. The van der Waals surface area contributed by atoms with Crippen molar-refractivity contribution in [2.45, 2.75) is 31.8 Å². The topological polar surface area (TPSA) is 67.0 Å². The van der Waals surface area contributed by atoms with Gasteiger partial charge in [0.25, 0.3) is 5.91 Å². The summed E-state index contributed by atoms with van der Waals surface area (Å²) in [5, 5.41) is 9.94. The number of aromatic nitrogens is 2. The lowest BCUT2D eigenvalue weighted by Gasteiger charge is -2.11. The summed E-state index contributed by atoms with van der Waals surface area (Å²) < 4.78 is 5.40. The molecule has 0 aromatic carbocycles. The van der Waals surface area contributed by atoms with Gasteiger partial charge in [0.1, 0.15) is 6.10 Å². The molecule has 1 fully saturated rings. The van der Waals surface area contributed by atoms with Gasteiger partial charge < -0.3 is 10.1 Å². The van der Waals surface area contributed by atoms with E-state index in [0.29, 0.717) is 12.3 Å². The standard InChI is InChI=1S/C16H19N3O2/c20-16(14-9-6-10-21-14)18-13-11-17-19-15(13)12-7-4-2-1-3-5-8-12/h1-2,4,7-8,11,14H,3,5-6,9-10H2,(H,17,19)(H,18,20)/b2-1+,7-4?,12-8?. The molecule has 1 atom stereocenters. The van der Waals surface area contributed by atoms with Gasteiger partial charge >= 0.3 is 0 Å². The highest BCUT2D eigenvalue weighted by molar-refractivity contribution is 5.97. The first-order chi connectivity index (χ1) is 10.3. The summed E-state index contributed by atoms with van der Waals surface area (Å²) in [5.41, 5.74) is 2.59.